The standard InChI is InChI=1S/C15H18N2OS/c1-3-16-11-12-10-14(8-9-17-12)18-13-4-6-15(19-2)7-5-13/h4-10,16H,3,11H2,1-2H3. The third kappa shape index (κ3) is 4.26. The third-order valence-corrected chi connectivity index (χ3v) is 3.38. The molecule has 0 atom stereocenters. The van der Waals surface area contributed by atoms with Gasteiger partial charge in [0.05, 0.1) is 5.69 Å². The van der Waals surface area contributed by atoms with Crippen LogP contribution in [0.3, 0.4) is 0 Å². The second-order valence-corrected chi connectivity index (χ2v) is 4.92. The van der Waals surface area contributed by atoms with Crippen molar-refractivity contribution in [3.63, 3.8) is 0 Å². The summed E-state index contributed by atoms with van der Waals surface area (Å²) in [6.07, 6.45) is 3.84. The van der Waals surface area contributed by atoms with Gasteiger partial charge in [0.25, 0.3) is 0 Å². The minimum Gasteiger partial charge on any atom is -0.457 e. The van der Waals surface area contributed by atoms with Crippen molar-refractivity contribution in [2.24, 2.45) is 0 Å². The van der Waals surface area contributed by atoms with E-state index in [0.29, 0.717) is 0 Å². The van der Waals surface area contributed by atoms with E-state index in [-0.39, 0.29) is 0 Å². The molecule has 0 spiro atoms. The highest BCUT2D eigenvalue weighted by atomic mass is 32.2. The normalized spacial score (nSPS) is 10.4. The number of benzene rings is 1. The van der Waals surface area contributed by atoms with Crippen LogP contribution in [-0.4, -0.2) is 17.8 Å². The van der Waals surface area contributed by atoms with Gasteiger partial charge in [0, 0.05) is 23.7 Å². The van der Waals surface area contributed by atoms with Crippen LogP contribution in [0.2, 0.25) is 0 Å². The van der Waals surface area contributed by atoms with Gasteiger partial charge in [0.1, 0.15) is 11.5 Å². The zero-order valence-electron chi connectivity index (χ0n) is 11.2. The van der Waals surface area contributed by atoms with E-state index in [1.165, 1.54) is 4.90 Å². The van der Waals surface area contributed by atoms with E-state index in [1.807, 2.05) is 24.3 Å². The molecular formula is C15H18N2OS. The maximum Gasteiger partial charge on any atom is 0.130 e. The van der Waals surface area contributed by atoms with Crippen LogP contribution in [-0.2, 0) is 6.54 Å². The van der Waals surface area contributed by atoms with E-state index in [1.54, 1.807) is 18.0 Å². The minimum absolute atomic E-state index is 0.763. The molecule has 1 heterocycles. The quantitative estimate of drug-likeness (QED) is 0.814. The molecule has 0 saturated heterocycles. The molecule has 1 aromatic carbocycles. The number of ether oxygens (including phenoxy) is 1. The fraction of sp³-hybridized carbons (Fsp3) is 0.267. The first-order valence-corrected chi connectivity index (χ1v) is 7.52. The van der Waals surface area contributed by atoms with Crippen LogP contribution in [0.4, 0.5) is 0 Å². The highest BCUT2D eigenvalue weighted by molar-refractivity contribution is 7.98. The largest absolute Gasteiger partial charge is 0.457 e. The number of nitrogens with zero attached hydrogens (tertiary/aromatic N) is 1. The maximum absolute atomic E-state index is 5.82. The Bertz CT molecular complexity index is 514. The fourth-order valence-corrected chi connectivity index (χ4v) is 2.06. The van der Waals surface area contributed by atoms with Crippen molar-refractivity contribution in [3.8, 4) is 11.5 Å². The summed E-state index contributed by atoms with van der Waals surface area (Å²) in [7, 11) is 0. The van der Waals surface area contributed by atoms with Gasteiger partial charge in [-0.05, 0) is 43.1 Å². The molecule has 0 amide bonds. The lowest BCUT2D eigenvalue weighted by Gasteiger charge is -2.08. The zero-order chi connectivity index (χ0) is 13.5. The summed E-state index contributed by atoms with van der Waals surface area (Å²) in [5.74, 6) is 1.67. The Kier molecular flexibility index (Phi) is 5.24. The zero-order valence-corrected chi connectivity index (χ0v) is 12.0. The average molecular weight is 274 g/mol. The summed E-state index contributed by atoms with van der Waals surface area (Å²) in [5, 5.41) is 3.25. The molecule has 2 rings (SSSR count). The summed E-state index contributed by atoms with van der Waals surface area (Å²) in [6, 6.07) is 11.9. The first-order valence-electron chi connectivity index (χ1n) is 6.29. The Labute approximate surface area is 118 Å². The number of hydrogen-bond acceptors (Lipinski definition) is 4. The van der Waals surface area contributed by atoms with Gasteiger partial charge in [-0.2, -0.15) is 0 Å². The van der Waals surface area contributed by atoms with Crippen LogP contribution in [0.5, 0.6) is 11.5 Å². The molecule has 100 valence electrons. The van der Waals surface area contributed by atoms with Gasteiger partial charge in [-0.25, -0.2) is 0 Å². The van der Waals surface area contributed by atoms with Crippen LogP contribution < -0.4 is 10.1 Å². The lowest BCUT2D eigenvalue weighted by Crippen LogP contribution is -2.12. The SMILES string of the molecule is CCNCc1cc(Oc2ccc(SC)cc2)ccn1. The first-order chi connectivity index (χ1) is 9.31. The Morgan fingerprint density at radius 2 is 1.95 bits per heavy atom. The van der Waals surface area contributed by atoms with E-state index < -0.39 is 0 Å². The van der Waals surface area contributed by atoms with Gasteiger partial charge < -0.3 is 10.1 Å². The Morgan fingerprint density at radius 1 is 1.16 bits per heavy atom. The second-order valence-electron chi connectivity index (χ2n) is 4.04. The lowest BCUT2D eigenvalue weighted by atomic mass is 10.3. The van der Waals surface area contributed by atoms with Gasteiger partial charge in [0.15, 0.2) is 0 Å². The molecule has 1 aromatic heterocycles. The Hall–Kier alpha value is -1.52. The molecule has 3 nitrogen and oxygen atoms in total. The van der Waals surface area contributed by atoms with Crippen molar-refractivity contribution in [1.82, 2.24) is 10.3 Å². The summed E-state index contributed by atoms with van der Waals surface area (Å²) in [5.41, 5.74) is 0.986. The van der Waals surface area contributed by atoms with Gasteiger partial charge >= 0.3 is 0 Å². The van der Waals surface area contributed by atoms with E-state index in [0.717, 1.165) is 30.3 Å². The highest BCUT2D eigenvalue weighted by Gasteiger charge is 2.00. The van der Waals surface area contributed by atoms with E-state index >= 15 is 0 Å². The molecule has 0 aliphatic carbocycles. The van der Waals surface area contributed by atoms with Crippen molar-refractivity contribution in [2.75, 3.05) is 12.8 Å². The minimum atomic E-state index is 0.763. The summed E-state index contributed by atoms with van der Waals surface area (Å²) < 4.78 is 5.82. The van der Waals surface area contributed by atoms with Crippen molar-refractivity contribution in [2.45, 2.75) is 18.4 Å². The molecule has 0 bridgehead atoms. The van der Waals surface area contributed by atoms with Crippen LogP contribution in [0.1, 0.15) is 12.6 Å². The molecule has 0 aliphatic heterocycles. The fourth-order valence-electron chi connectivity index (χ4n) is 1.65. The molecular weight excluding hydrogens is 256 g/mol. The number of nitrogens with one attached hydrogen (secondary N) is 1. The van der Waals surface area contributed by atoms with Gasteiger partial charge in [-0.3, -0.25) is 4.98 Å². The van der Waals surface area contributed by atoms with Crippen molar-refractivity contribution < 1.29 is 4.74 Å². The molecule has 19 heavy (non-hydrogen) atoms. The molecule has 4 heteroatoms. The van der Waals surface area contributed by atoms with E-state index in [2.05, 4.69) is 35.6 Å². The lowest BCUT2D eigenvalue weighted by molar-refractivity contribution is 0.480. The van der Waals surface area contributed by atoms with E-state index in [4.69, 9.17) is 4.74 Å². The van der Waals surface area contributed by atoms with E-state index in [9.17, 15) is 0 Å². The molecule has 0 aliphatic rings. The average Bonchev–Trinajstić information content (AvgIpc) is 2.46. The molecule has 0 radical (unpaired) electrons. The number of rotatable bonds is 6. The molecule has 0 unspecified atom stereocenters. The summed E-state index contributed by atoms with van der Waals surface area (Å²) in [6.45, 7) is 3.77. The molecule has 2 aromatic rings. The van der Waals surface area contributed by atoms with Crippen molar-refractivity contribution >= 4 is 11.8 Å². The summed E-state index contributed by atoms with van der Waals surface area (Å²) >= 11 is 1.72. The van der Waals surface area contributed by atoms with Gasteiger partial charge in [0.2, 0.25) is 0 Å². The first kappa shape index (κ1) is 13.9. The van der Waals surface area contributed by atoms with Crippen LogP contribution in [0.15, 0.2) is 47.5 Å². The third-order valence-electron chi connectivity index (χ3n) is 2.64. The number of aromatic nitrogens is 1. The van der Waals surface area contributed by atoms with Crippen molar-refractivity contribution in [1.29, 1.82) is 0 Å². The van der Waals surface area contributed by atoms with Crippen molar-refractivity contribution in [3.05, 3.63) is 48.3 Å². The van der Waals surface area contributed by atoms with Crippen LogP contribution in [0, 0.1) is 0 Å². The topological polar surface area (TPSA) is 34.1 Å². The van der Waals surface area contributed by atoms with Crippen LogP contribution >= 0.6 is 11.8 Å². The van der Waals surface area contributed by atoms with Gasteiger partial charge in [-0.1, -0.05) is 6.92 Å². The Balaban J connectivity index is 2.05. The molecule has 0 fully saturated rings. The number of hydrogen-bond donors (Lipinski definition) is 1. The number of thioether (sulfide) groups is 1. The van der Waals surface area contributed by atoms with Crippen LogP contribution in [0.25, 0.3) is 0 Å². The summed E-state index contributed by atoms with van der Waals surface area (Å²) in [4.78, 5) is 5.53. The van der Waals surface area contributed by atoms with Gasteiger partial charge in [-0.15, -0.1) is 11.8 Å². The Morgan fingerprint density at radius 3 is 2.63 bits per heavy atom. The monoisotopic (exact) mass is 274 g/mol. The molecule has 1 N–H and O–H groups in total. The number of pyridine rings is 1. The second kappa shape index (κ2) is 7.16. The molecule has 0 saturated carbocycles. The maximum atomic E-state index is 5.82. The smallest absolute Gasteiger partial charge is 0.130 e. The predicted octanol–water partition coefficient (Wildman–Crippen LogP) is 3.71. The highest BCUT2D eigenvalue weighted by Crippen LogP contribution is 2.24. The predicted molar refractivity (Wildman–Crippen MR) is 79.9 cm³/mol.